The van der Waals surface area contributed by atoms with Crippen molar-refractivity contribution in [1.29, 1.82) is 0 Å². The summed E-state index contributed by atoms with van der Waals surface area (Å²) < 4.78 is 0. The quantitative estimate of drug-likeness (QED) is 0.864. The third kappa shape index (κ3) is 3.24. The maximum absolute atomic E-state index is 12.4. The highest BCUT2D eigenvalue weighted by atomic mass is 16.2. The summed E-state index contributed by atoms with van der Waals surface area (Å²) in [6.07, 6.45) is 7.62. The van der Waals surface area contributed by atoms with Crippen LogP contribution in [-0.4, -0.2) is 47.0 Å². The Morgan fingerprint density at radius 1 is 1.05 bits per heavy atom. The fraction of sp³-hybridized carbons (Fsp3) is 0.353. The van der Waals surface area contributed by atoms with Crippen LogP contribution in [0.15, 0.2) is 43.0 Å². The van der Waals surface area contributed by atoms with Crippen LogP contribution in [0.4, 0.5) is 5.69 Å². The van der Waals surface area contributed by atoms with Crippen LogP contribution in [0, 0.1) is 6.92 Å². The summed E-state index contributed by atoms with van der Waals surface area (Å²) in [5.41, 5.74) is 3.42. The van der Waals surface area contributed by atoms with E-state index in [1.54, 1.807) is 12.4 Å². The van der Waals surface area contributed by atoms with Gasteiger partial charge in [-0.25, -0.2) is 0 Å². The summed E-state index contributed by atoms with van der Waals surface area (Å²) in [7, 11) is 0. The molecule has 1 fully saturated rings. The molecule has 1 aliphatic rings. The van der Waals surface area contributed by atoms with Crippen molar-refractivity contribution in [1.82, 2.24) is 14.9 Å². The molecule has 1 saturated heterocycles. The number of amides is 1. The van der Waals surface area contributed by atoms with E-state index in [9.17, 15) is 4.79 Å². The second-order valence-electron chi connectivity index (χ2n) is 5.56. The Bertz CT molecular complexity index is 636. The molecule has 0 saturated carbocycles. The summed E-state index contributed by atoms with van der Waals surface area (Å²) >= 11 is 0. The van der Waals surface area contributed by atoms with Crippen LogP contribution in [-0.2, 0) is 11.2 Å². The van der Waals surface area contributed by atoms with Gasteiger partial charge >= 0.3 is 0 Å². The molecule has 114 valence electrons. The molecule has 1 amide bonds. The summed E-state index contributed by atoms with van der Waals surface area (Å²) in [6.45, 7) is 5.35. The van der Waals surface area contributed by atoms with E-state index in [1.165, 1.54) is 11.3 Å². The predicted molar refractivity (Wildman–Crippen MR) is 85.7 cm³/mol. The number of piperazine rings is 1. The molecule has 0 aliphatic carbocycles. The Labute approximate surface area is 130 Å². The van der Waals surface area contributed by atoms with E-state index in [1.807, 2.05) is 35.5 Å². The minimum atomic E-state index is 0.192. The highest BCUT2D eigenvalue weighted by Crippen LogP contribution is 2.20. The maximum atomic E-state index is 12.4. The van der Waals surface area contributed by atoms with Crippen molar-refractivity contribution in [3.63, 3.8) is 0 Å². The SMILES string of the molecule is Cc1cnccc1N1CCN(C(=O)Cc2ccncc2)CC1. The van der Waals surface area contributed by atoms with Crippen LogP contribution in [0.5, 0.6) is 0 Å². The van der Waals surface area contributed by atoms with Crippen molar-refractivity contribution in [3.8, 4) is 0 Å². The lowest BCUT2D eigenvalue weighted by Crippen LogP contribution is -2.49. The highest BCUT2D eigenvalue weighted by molar-refractivity contribution is 5.79. The van der Waals surface area contributed by atoms with Gasteiger partial charge in [-0.15, -0.1) is 0 Å². The molecule has 0 aromatic carbocycles. The number of aromatic nitrogens is 2. The summed E-state index contributed by atoms with van der Waals surface area (Å²) in [6, 6.07) is 5.84. The molecule has 0 N–H and O–H groups in total. The monoisotopic (exact) mass is 296 g/mol. The highest BCUT2D eigenvalue weighted by Gasteiger charge is 2.22. The second kappa shape index (κ2) is 6.56. The van der Waals surface area contributed by atoms with Crippen LogP contribution >= 0.6 is 0 Å². The number of anilines is 1. The van der Waals surface area contributed by atoms with Gasteiger partial charge in [-0.05, 0) is 36.2 Å². The van der Waals surface area contributed by atoms with Gasteiger partial charge in [-0.2, -0.15) is 0 Å². The molecule has 0 radical (unpaired) electrons. The van der Waals surface area contributed by atoms with Gasteiger partial charge in [0.25, 0.3) is 0 Å². The Balaban J connectivity index is 1.58. The lowest BCUT2D eigenvalue weighted by atomic mass is 10.1. The summed E-state index contributed by atoms with van der Waals surface area (Å²) in [4.78, 5) is 24.7. The number of pyridine rings is 2. The predicted octanol–water partition coefficient (Wildman–Crippen LogP) is 1.68. The lowest BCUT2D eigenvalue weighted by Gasteiger charge is -2.36. The van der Waals surface area contributed by atoms with E-state index in [0.29, 0.717) is 6.42 Å². The largest absolute Gasteiger partial charge is 0.368 e. The number of aryl methyl sites for hydroxylation is 1. The molecule has 0 atom stereocenters. The number of carbonyl (C=O) groups excluding carboxylic acids is 1. The molecular weight excluding hydrogens is 276 g/mol. The maximum Gasteiger partial charge on any atom is 0.227 e. The van der Waals surface area contributed by atoms with Crippen LogP contribution in [0.1, 0.15) is 11.1 Å². The summed E-state index contributed by atoms with van der Waals surface area (Å²) in [5.74, 6) is 0.192. The number of rotatable bonds is 3. The third-order valence-electron chi connectivity index (χ3n) is 4.07. The van der Waals surface area contributed by atoms with Crippen molar-refractivity contribution < 1.29 is 4.79 Å². The lowest BCUT2D eigenvalue weighted by molar-refractivity contribution is -0.130. The van der Waals surface area contributed by atoms with Crippen LogP contribution < -0.4 is 4.90 Å². The first-order chi connectivity index (χ1) is 10.7. The number of hydrogen-bond acceptors (Lipinski definition) is 4. The molecule has 5 nitrogen and oxygen atoms in total. The minimum Gasteiger partial charge on any atom is -0.368 e. The van der Waals surface area contributed by atoms with Gasteiger partial charge in [0.1, 0.15) is 0 Å². The molecule has 0 spiro atoms. The molecular formula is C17H20N4O. The van der Waals surface area contributed by atoms with Crippen LogP contribution in [0.2, 0.25) is 0 Å². The molecule has 1 aliphatic heterocycles. The average Bonchev–Trinajstić information content (AvgIpc) is 2.56. The topological polar surface area (TPSA) is 49.3 Å². The van der Waals surface area contributed by atoms with E-state index in [4.69, 9.17) is 0 Å². The second-order valence-corrected chi connectivity index (χ2v) is 5.56. The van der Waals surface area contributed by atoms with Crippen molar-refractivity contribution >= 4 is 11.6 Å². The molecule has 0 unspecified atom stereocenters. The smallest absolute Gasteiger partial charge is 0.227 e. The first kappa shape index (κ1) is 14.5. The van der Waals surface area contributed by atoms with E-state index in [0.717, 1.165) is 31.7 Å². The standard InChI is InChI=1S/C17H20N4O/c1-14-13-19-7-4-16(14)20-8-10-21(11-9-20)17(22)12-15-2-5-18-6-3-15/h2-7,13H,8-12H2,1H3. The van der Waals surface area contributed by atoms with E-state index < -0.39 is 0 Å². The molecule has 22 heavy (non-hydrogen) atoms. The zero-order valence-electron chi connectivity index (χ0n) is 12.8. The van der Waals surface area contributed by atoms with Crippen molar-refractivity contribution in [2.24, 2.45) is 0 Å². The Hall–Kier alpha value is -2.43. The number of hydrogen-bond donors (Lipinski definition) is 0. The van der Waals surface area contributed by atoms with Crippen LogP contribution in [0.25, 0.3) is 0 Å². The van der Waals surface area contributed by atoms with Crippen molar-refractivity contribution in [2.45, 2.75) is 13.3 Å². The fourth-order valence-electron chi connectivity index (χ4n) is 2.80. The third-order valence-corrected chi connectivity index (χ3v) is 4.07. The molecule has 0 bridgehead atoms. The first-order valence-electron chi connectivity index (χ1n) is 7.56. The molecule has 5 heteroatoms. The van der Waals surface area contributed by atoms with E-state index >= 15 is 0 Å². The minimum absolute atomic E-state index is 0.192. The van der Waals surface area contributed by atoms with Gasteiger partial charge in [0.2, 0.25) is 5.91 Å². The number of carbonyl (C=O) groups is 1. The molecule has 3 rings (SSSR count). The summed E-state index contributed by atoms with van der Waals surface area (Å²) in [5, 5.41) is 0. The van der Waals surface area contributed by atoms with Gasteiger partial charge in [0.05, 0.1) is 6.42 Å². The molecule has 3 heterocycles. The van der Waals surface area contributed by atoms with E-state index in [-0.39, 0.29) is 5.91 Å². The Morgan fingerprint density at radius 3 is 2.41 bits per heavy atom. The van der Waals surface area contributed by atoms with Gasteiger partial charge in [0, 0.05) is 56.7 Å². The first-order valence-corrected chi connectivity index (χ1v) is 7.56. The average molecular weight is 296 g/mol. The fourth-order valence-corrected chi connectivity index (χ4v) is 2.80. The van der Waals surface area contributed by atoms with Crippen LogP contribution in [0.3, 0.4) is 0 Å². The zero-order chi connectivity index (χ0) is 15.4. The normalized spacial score (nSPS) is 15.0. The molecule has 2 aromatic rings. The Morgan fingerprint density at radius 2 is 1.73 bits per heavy atom. The molecule has 2 aromatic heterocycles. The van der Waals surface area contributed by atoms with Gasteiger partial charge in [0.15, 0.2) is 0 Å². The van der Waals surface area contributed by atoms with Gasteiger partial charge < -0.3 is 9.80 Å². The zero-order valence-corrected chi connectivity index (χ0v) is 12.8. The Kier molecular flexibility index (Phi) is 4.32. The number of nitrogens with zero attached hydrogens (tertiary/aromatic N) is 4. The van der Waals surface area contributed by atoms with Crippen molar-refractivity contribution in [3.05, 3.63) is 54.1 Å². The van der Waals surface area contributed by atoms with Gasteiger partial charge in [-0.3, -0.25) is 14.8 Å². The van der Waals surface area contributed by atoms with Gasteiger partial charge in [-0.1, -0.05) is 0 Å². The van der Waals surface area contributed by atoms with Crippen molar-refractivity contribution in [2.75, 3.05) is 31.1 Å². The van der Waals surface area contributed by atoms with E-state index in [2.05, 4.69) is 21.8 Å².